The smallest absolute Gasteiger partial charge is 0.237 e. The Kier molecular flexibility index (Phi) is 3.92. The van der Waals surface area contributed by atoms with E-state index in [0.717, 1.165) is 24.8 Å². The van der Waals surface area contributed by atoms with Crippen molar-refractivity contribution in [2.45, 2.75) is 24.7 Å². The molecule has 0 aliphatic heterocycles. The average molecular weight is 318 g/mol. The van der Waals surface area contributed by atoms with Crippen molar-refractivity contribution in [3.63, 3.8) is 0 Å². The van der Waals surface area contributed by atoms with Gasteiger partial charge in [0.1, 0.15) is 5.82 Å². The number of halogens is 2. The lowest BCUT2D eigenvalue weighted by Gasteiger charge is -2.43. The number of hydrogen-bond acceptors (Lipinski definition) is 1. The van der Waals surface area contributed by atoms with Crippen molar-refractivity contribution in [1.29, 1.82) is 0 Å². The molecule has 22 heavy (non-hydrogen) atoms. The highest BCUT2D eigenvalue weighted by Gasteiger charge is 2.47. The Morgan fingerprint density at radius 2 is 1.86 bits per heavy atom. The van der Waals surface area contributed by atoms with E-state index in [-0.39, 0.29) is 11.7 Å². The van der Waals surface area contributed by atoms with Crippen molar-refractivity contribution < 1.29 is 9.18 Å². The highest BCUT2D eigenvalue weighted by Crippen LogP contribution is 2.46. The van der Waals surface area contributed by atoms with Crippen molar-refractivity contribution >= 4 is 23.2 Å². The molecular formula is C18H17ClFNO. The van der Waals surface area contributed by atoms with Gasteiger partial charge in [0, 0.05) is 17.8 Å². The predicted molar refractivity (Wildman–Crippen MR) is 86.8 cm³/mol. The normalized spacial score (nSPS) is 16.0. The first kappa shape index (κ1) is 15.0. The first-order valence-electron chi connectivity index (χ1n) is 7.33. The maximum absolute atomic E-state index is 13.1. The molecule has 1 aliphatic carbocycles. The lowest BCUT2D eigenvalue weighted by Crippen LogP contribution is -2.50. The number of carbonyl (C=O) groups excluding carboxylic acids is 1. The van der Waals surface area contributed by atoms with Crippen molar-refractivity contribution in [3.05, 3.63) is 64.9 Å². The minimum atomic E-state index is -0.506. The molecule has 1 fully saturated rings. The molecule has 1 saturated carbocycles. The fourth-order valence-electron chi connectivity index (χ4n) is 3.05. The summed E-state index contributed by atoms with van der Waals surface area (Å²) in [5.74, 6) is -0.273. The number of hydrogen-bond donors (Lipinski definition) is 0. The van der Waals surface area contributed by atoms with Crippen LogP contribution in [0.25, 0.3) is 0 Å². The van der Waals surface area contributed by atoms with E-state index in [0.29, 0.717) is 10.7 Å². The second kappa shape index (κ2) is 5.73. The summed E-state index contributed by atoms with van der Waals surface area (Å²) in [5, 5.41) is 0.640. The van der Waals surface area contributed by atoms with Gasteiger partial charge in [-0.25, -0.2) is 4.39 Å². The van der Waals surface area contributed by atoms with Crippen LogP contribution >= 0.6 is 11.6 Å². The van der Waals surface area contributed by atoms with Crippen LogP contribution in [0.2, 0.25) is 5.02 Å². The van der Waals surface area contributed by atoms with Crippen LogP contribution in [-0.4, -0.2) is 13.0 Å². The van der Waals surface area contributed by atoms with Crippen LogP contribution in [0.4, 0.5) is 10.1 Å². The zero-order valence-electron chi connectivity index (χ0n) is 12.4. The van der Waals surface area contributed by atoms with Gasteiger partial charge in [0.05, 0.1) is 5.41 Å². The van der Waals surface area contributed by atoms with Gasteiger partial charge in [0.15, 0.2) is 0 Å². The molecule has 2 aromatic rings. The molecule has 0 unspecified atom stereocenters. The second-order valence-corrected chi connectivity index (χ2v) is 6.22. The Bertz CT molecular complexity index is 694. The quantitative estimate of drug-likeness (QED) is 0.812. The molecule has 2 aromatic carbocycles. The van der Waals surface area contributed by atoms with E-state index in [9.17, 15) is 9.18 Å². The fraction of sp³-hybridized carbons (Fsp3) is 0.278. The second-order valence-electron chi connectivity index (χ2n) is 5.79. The summed E-state index contributed by atoms with van der Waals surface area (Å²) >= 11 is 6.08. The summed E-state index contributed by atoms with van der Waals surface area (Å²) in [4.78, 5) is 14.6. The summed E-state index contributed by atoms with van der Waals surface area (Å²) in [5.41, 5.74) is 1.15. The molecule has 0 bridgehead atoms. The van der Waals surface area contributed by atoms with E-state index in [1.54, 1.807) is 24.1 Å². The largest absolute Gasteiger partial charge is 0.315 e. The van der Waals surface area contributed by atoms with Gasteiger partial charge in [-0.15, -0.1) is 0 Å². The lowest BCUT2D eigenvalue weighted by atomic mass is 9.63. The molecule has 114 valence electrons. The van der Waals surface area contributed by atoms with Gasteiger partial charge in [-0.3, -0.25) is 4.79 Å². The van der Waals surface area contributed by atoms with Crippen molar-refractivity contribution in [2.75, 3.05) is 11.9 Å². The molecular weight excluding hydrogens is 301 g/mol. The maximum Gasteiger partial charge on any atom is 0.237 e. The molecule has 3 rings (SSSR count). The molecule has 2 nitrogen and oxygen atoms in total. The van der Waals surface area contributed by atoms with Crippen LogP contribution in [0.1, 0.15) is 24.8 Å². The highest BCUT2D eigenvalue weighted by atomic mass is 35.5. The fourth-order valence-corrected chi connectivity index (χ4v) is 3.24. The summed E-state index contributed by atoms with van der Waals surface area (Å²) in [6.07, 6.45) is 2.66. The Morgan fingerprint density at radius 3 is 2.41 bits per heavy atom. The predicted octanol–water partition coefficient (Wildman–Crippen LogP) is 4.56. The van der Waals surface area contributed by atoms with Crippen LogP contribution in [0, 0.1) is 5.82 Å². The van der Waals surface area contributed by atoms with Crippen LogP contribution < -0.4 is 4.90 Å². The SMILES string of the molecule is CN(C(=O)C1(c2cccc(Cl)c2)CCC1)c1ccc(F)cc1. The van der Waals surface area contributed by atoms with Crippen molar-refractivity contribution in [3.8, 4) is 0 Å². The minimum Gasteiger partial charge on any atom is -0.315 e. The van der Waals surface area contributed by atoms with E-state index >= 15 is 0 Å². The van der Waals surface area contributed by atoms with Crippen LogP contribution in [0.5, 0.6) is 0 Å². The third-order valence-electron chi connectivity index (χ3n) is 4.51. The molecule has 0 heterocycles. The molecule has 0 spiro atoms. The number of likely N-dealkylation sites (N-methyl/N-ethyl adjacent to an activating group) is 1. The van der Waals surface area contributed by atoms with E-state index in [4.69, 9.17) is 11.6 Å². The first-order chi connectivity index (χ1) is 10.5. The monoisotopic (exact) mass is 317 g/mol. The van der Waals surface area contributed by atoms with E-state index < -0.39 is 5.41 Å². The first-order valence-corrected chi connectivity index (χ1v) is 7.70. The van der Waals surface area contributed by atoms with Gasteiger partial charge >= 0.3 is 0 Å². The molecule has 0 atom stereocenters. The Hall–Kier alpha value is -1.87. The molecule has 0 radical (unpaired) electrons. The molecule has 4 heteroatoms. The molecule has 0 saturated heterocycles. The lowest BCUT2D eigenvalue weighted by molar-refractivity contribution is -0.126. The van der Waals surface area contributed by atoms with Gasteiger partial charge in [-0.05, 0) is 54.8 Å². The van der Waals surface area contributed by atoms with Crippen LogP contribution in [-0.2, 0) is 10.2 Å². The van der Waals surface area contributed by atoms with Gasteiger partial charge in [0.2, 0.25) is 5.91 Å². The molecule has 1 amide bonds. The van der Waals surface area contributed by atoms with Crippen molar-refractivity contribution in [2.24, 2.45) is 0 Å². The molecule has 0 aromatic heterocycles. The van der Waals surface area contributed by atoms with Crippen LogP contribution in [0.15, 0.2) is 48.5 Å². The summed E-state index contributed by atoms with van der Waals surface area (Å²) < 4.78 is 13.1. The number of anilines is 1. The summed E-state index contributed by atoms with van der Waals surface area (Å²) in [6.45, 7) is 0. The third-order valence-corrected chi connectivity index (χ3v) is 4.75. The number of nitrogens with zero attached hydrogens (tertiary/aromatic N) is 1. The number of carbonyl (C=O) groups is 1. The van der Waals surface area contributed by atoms with Gasteiger partial charge < -0.3 is 4.90 Å². The number of benzene rings is 2. The highest BCUT2D eigenvalue weighted by molar-refractivity contribution is 6.30. The maximum atomic E-state index is 13.1. The standard InChI is InChI=1S/C18H17ClFNO/c1-21(16-8-6-15(20)7-9-16)17(22)18(10-3-11-18)13-4-2-5-14(19)12-13/h2,4-9,12H,3,10-11H2,1H3. The molecule has 1 aliphatic rings. The van der Waals surface area contributed by atoms with Crippen LogP contribution in [0.3, 0.4) is 0 Å². The van der Waals surface area contributed by atoms with E-state index in [1.807, 2.05) is 24.3 Å². The van der Waals surface area contributed by atoms with E-state index in [1.165, 1.54) is 12.1 Å². The van der Waals surface area contributed by atoms with Crippen molar-refractivity contribution in [1.82, 2.24) is 0 Å². The zero-order valence-corrected chi connectivity index (χ0v) is 13.1. The van der Waals surface area contributed by atoms with Gasteiger partial charge in [-0.2, -0.15) is 0 Å². The number of rotatable bonds is 3. The topological polar surface area (TPSA) is 20.3 Å². The Labute approximate surface area is 134 Å². The Morgan fingerprint density at radius 1 is 1.18 bits per heavy atom. The summed E-state index contributed by atoms with van der Waals surface area (Å²) in [6, 6.07) is 13.5. The third kappa shape index (κ3) is 2.50. The average Bonchev–Trinajstić information content (AvgIpc) is 2.46. The Balaban J connectivity index is 1.93. The van der Waals surface area contributed by atoms with Gasteiger partial charge in [0.25, 0.3) is 0 Å². The molecule has 0 N–H and O–H groups in total. The number of amides is 1. The van der Waals surface area contributed by atoms with E-state index in [2.05, 4.69) is 0 Å². The van der Waals surface area contributed by atoms with Gasteiger partial charge in [-0.1, -0.05) is 30.2 Å². The zero-order chi connectivity index (χ0) is 15.7. The summed E-state index contributed by atoms with van der Waals surface area (Å²) in [7, 11) is 1.74. The minimum absolute atomic E-state index is 0.0348.